The van der Waals surface area contributed by atoms with Gasteiger partial charge in [-0.3, -0.25) is 4.79 Å². The van der Waals surface area contributed by atoms with E-state index in [-0.39, 0.29) is 27.5 Å². The Morgan fingerprint density at radius 1 is 1.48 bits per heavy atom. The molecular formula is C14H20N2O4S. The van der Waals surface area contributed by atoms with Crippen molar-refractivity contribution in [2.24, 2.45) is 16.5 Å². The van der Waals surface area contributed by atoms with Gasteiger partial charge in [0.2, 0.25) is 10.0 Å². The van der Waals surface area contributed by atoms with Crippen molar-refractivity contribution in [3.63, 3.8) is 0 Å². The third kappa shape index (κ3) is 3.54. The van der Waals surface area contributed by atoms with Gasteiger partial charge in [0.05, 0.1) is 7.11 Å². The van der Waals surface area contributed by atoms with Crippen molar-refractivity contribution in [1.82, 2.24) is 5.32 Å². The monoisotopic (exact) mass is 312 g/mol. The minimum absolute atomic E-state index is 0.123. The molecule has 0 aromatic heterocycles. The first kappa shape index (κ1) is 15.8. The number of nitrogens with two attached hydrogens (primary N) is 1. The lowest BCUT2D eigenvalue weighted by molar-refractivity contribution is 0.0950. The number of hydrogen-bond donors (Lipinski definition) is 2. The summed E-state index contributed by atoms with van der Waals surface area (Å²) in [6.07, 6.45) is 1.08. The highest BCUT2D eigenvalue weighted by Crippen LogP contribution is 2.50. The van der Waals surface area contributed by atoms with Crippen molar-refractivity contribution in [3.8, 4) is 5.75 Å². The molecule has 21 heavy (non-hydrogen) atoms. The Balaban J connectivity index is 2.15. The van der Waals surface area contributed by atoms with Crippen LogP contribution < -0.4 is 15.2 Å². The lowest BCUT2D eigenvalue weighted by Crippen LogP contribution is -2.27. The number of primary sulfonamides is 1. The van der Waals surface area contributed by atoms with E-state index in [1.165, 1.54) is 25.3 Å². The van der Waals surface area contributed by atoms with Gasteiger partial charge < -0.3 is 10.1 Å². The second kappa shape index (κ2) is 5.31. The highest BCUT2D eigenvalue weighted by atomic mass is 32.2. The Bertz CT molecular complexity index is 668. The quantitative estimate of drug-likeness (QED) is 0.851. The van der Waals surface area contributed by atoms with E-state index >= 15 is 0 Å². The van der Waals surface area contributed by atoms with Crippen LogP contribution in [0.25, 0.3) is 0 Å². The molecule has 7 heteroatoms. The fourth-order valence-electron chi connectivity index (χ4n) is 2.28. The largest absolute Gasteiger partial charge is 0.495 e. The first-order valence-electron chi connectivity index (χ1n) is 6.64. The number of hydrogen-bond acceptors (Lipinski definition) is 4. The van der Waals surface area contributed by atoms with E-state index in [0.29, 0.717) is 12.5 Å². The molecule has 1 aliphatic rings. The van der Waals surface area contributed by atoms with Crippen LogP contribution in [-0.4, -0.2) is 28.0 Å². The van der Waals surface area contributed by atoms with E-state index in [9.17, 15) is 13.2 Å². The molecule has 1 aliphatic carbocycles. The molecular weight excluding hydrogens is 292 g/mol. The molecule has 0 radical (unpaired) electrons. The lowest BCUT2D eigenvalue weighted by Gasteiger charge is -2.10. The summed E-state index contributed by atoms with van der Waals surface area (Å²) in [6.45, 7) is 4.88. The molecule has 2 rings (SSSR count). The fraction of sp³-hybridized carbons (Fsp3) is 0.500. The average molecular weight is 312 g/mol. The number of rotatable bonds is 5. The third-order valence-electron chi connectivity index (χ3n) is 3.96. The van der Waals surface area contributed by atoms with Crippen molar-refractivity contribution in [1.29, 1.82) is 0 Å². The van der Waals surface area contributed by atoms with Gasteiger partial charge in [0.25, 0.3) is 5.91 Å². The lowest BCUT2D eigenvalue weighted by atomic mass is 10.1. The van der Waals surface area contributed by atoms with Gasteiger partial charge in [0, 0.05) is 12.1 Å². The molecule has 0 bridgehead atoms. The van der Waals surface area contributed by atoms with Gasteiger partial charge in [-0.25, -0.2) is 13.6 Å². The number of benzene rings is 1. The van der Waals surface area contributed by atoms with Gasteiger partial charge in [-0.1, -0.05) is 13.8 Å². The summed E-state index contributed by atoms with van der Waals surface area (Å²) in [6, 6.07) is 4.18. The molecule has 1 atom stereocenters. The minimum atomic E-state index is -3.94. The van der Waals surface area contributed by atoms with Crippen LogP contribution in [-0.2, 0) is 10.0 Å². The summed E-state index contributed by atoms with van der Waals surface area (Å²) in [5.41, 5.74) is 0.525. The van der Waals surface area contributed by atoms with Crippen LogP contribution in [0.3, 0.4) is 0 Å². The topological polar surface area (TPSA) is 98.5 Å². The molecule has 1 saturated carbocycles. The third-order valence-corrected chi connectivity index (χ3v) is 4.89. The molecule has 3 N–H and O–H groups in total. The summed E-state index contributed by atoms with van der Waals surface area (Å²) < 4.78 is 28.0. The summed E-state index contributed by atoms with van der Waals surface area (Å²) in [7, 11) is -2.60. The molecule has 1 amide bonds. The van der Waals surface area contributed by atoms with Gasteiger partial charge in [-0.05, 0) is 36.0 Å². The van der Waals surface area contributed by atoms with Gasteiger partial charge in [0.15, 0.2) is 0 Å². The summed E-state index contributed by atoms with van der Waals surface area (Å²) in [4.78, 5) is 11.9. The second-order valence-corrected chi connectivity index (χ2v) is 7.54. The molecule has 1 aromatic rings. The smallest absolute Gasteiger partial charge is 0.251 e. The standard InChI is InChI=1S/C14H20N2O4S/c1-14(2)7-10(14)8-16-13(17)9-4-5-11(20-3)12(6-9)21(15,18)19/h4-6,10H,7-8H2,1-3H3,(H,16,17)(H2,15,18,19). The van der Waals surface area contributed by atoms with E-state index in [4.69, 9.17) is 9.88 Å². The number of amides is 1. The predicted octanol–water partition coefficient (Wildman–Crippen LogP) is 1.12. The van der Waals surface area contributed by atoms with Crippen molar-refractivity contribution >= 4 is 15.9 Å². The molecule has 0 aliphatic heterocycles. The van der Waals surface area contributed by atoms with Crippen molar-refractivity contribution in [3.05, 3.63) is 23.8 Å². The molecule has 0 heterocycles. The van der Waals surface area contributed by atoms with Crippen LogP contribution in [0.2, 0.25) is 0 Å². The Morgan fingerprint density at radius 2 is 2.10 bits per heavy atom. The number of carbonyl (C=O) groups is 1. The van der Waals surface area contributed by atoms with Crippen LogP contribution in [0.5, 0.6) is 5.75 Å². The molecule has 0 saturated heterocycles. The van der Waals surface area contributed by atoms with Crippen molar-refractivity contribution < 1.29 is 17.9 Å². The molecule has 1 fully saturated rings. The summed E-state index contributed by atoms with van der Waals surface area (Å²) in [5.74, 6) is 0.278. The zero-order valence-electron chi connectivity index (χ0n) is 12.3. The minimum Gasteiger partial charge on any atom is -0.495 e. The van der Waals surface area contributed by atoms with E-state index in [0.717, 1.165) is 6.42 Å². The Hall–Kier alpha value is -1.60. The number of sulfonamides is 1. The summed E-state index contributed by atoms with van der Waals surface area (Å²) >= 11 is 0. The van der Waals surface area contributed by atoms with Gasteiger partial charge in [-0.2, -0.15) is 0 Å². The Morgan fingerprint density at radius 3 is 2.57 bits per heavy atom. The predicted molar refractivity (Wildman–Crippen MR) is 78.6 cm³/mol. The molecule has 1 aromatic carbocycles. The van der Waals surface area contributed by atoms with E-state index in [2.05, 4.69) is 19.2 Å². The normalized spacial score (nSPS) is 19.9. The maximum atomic E-state index is 12.1. The number of carbonyl (C=O) groups excluding carboxylic acids is 1. The van der Waals surface area contributed by atoms with Gasteiger partial charge in [0.1, 0.15) is 10.6 Å². The van der Waals surface area contributed by atoms with Crippen LogP contribution in [0.15, 0.2) is 23.1 Å². The zero-order chi connectivity index (χ0) is 15.8. The van der Waals surface area contributed by atoms with Crippen LogP contribution in [0, 0.1) is 11.3 Å². The van der Waals surface area contributed by atoms with Gasteiger partial charge >= 0.3 is 0 Å². The molecule has 116 valence electrons. The maximum absolute atomic E-state index is 12.1. The highest BCUT2D eigenvalue weighted by Gasteiger charge is 2.45. The first-order valence-corrected chi connectivity index (χ1v) is 8.19. The van der Waals surface area contributed by atoms with Crippen LogP contribution in [0.4, 0.5) is 0 Å². The average Bonchev–Trinajstić information content (AvgIpc) is 3.01. The summed E-state index contributed by atoms with van der Waals surface area (Å²) in [5, 5.41) is 7.95. The van der Waals surface area contributed by atoms with E-state index < -0.39 is 10.0 Å². The molecule has 0 spiro atoms. The first-order chi connectivity index (χ1) is 9.65. The zero-order valence-corrected chi connectivity index (χ0v) is 13.2. The Kier molecular flexibility index (Phi) is 3.99. The van der Waals surface area contributed by atoms with Crippen molar-refractivity contribution in [2.45, 2.75) is 25.2 Å². The van der Waals surface area contributed by atoms with E-state index in [1.807, 2.05) is 0 Å². The van der Waals surface area contributed by atoms with Gasteiger partial charge in [-0.15, -0.1) is 0 Å². The molecule has 1 unspecified atom stereocenters. The fourth-order valence-corrected chi connectivity index (χ4v) is 3.01. The highest BCUT2D eigenvalue weighted by molar-refractivity contribution is 7.89. The second-order valence-electron chi connectivity index (χ2n) is 6.01. The number of methoxy groups -OCH3 is 1. The number of nitrogens with one attached hydrogen (secondary N) is 1. The SMILES string of the molecule is COc1ccc(C(=O)NCC2CC2(C)C)cc1S(N)(=O)=O. The maximum Gasteiger partial charge on any atom is 0.251 e. The van der Waals surface area contributed by atoms with Crippen LogP contribution in [0.1, 0.15) is 30.6 Å². The van der Waals surface area contributed by atoms with Crippen LogP contribution >= 0.6 is 0 Å². The van der Waals surface area contributed by atoms with Crippen molar-refractivity contribution in [2.75, 3.05) is 13.7 Å². The molecule has 6 nitrogen and oxygen atoms in total. The number of ether oxygens (including phenoxy) is 1. The Labute approximate surface area is 124 Å². The van der Waals surface area contributed by atoms with E-state index in [1.54, 1.807) is 0 Å².